The number of halogens is 2. The van der Waals surface area contributed by atoms with Gasteiger partial charge in [0.1, 0.15) is 11.4 Å². The Morgan fingerprint density at radius 2 is 2.04 bits per heavy atom. The Morgan fingerprint density at radius 3 is 2.75 bits per heavy atom. The van der Waals surface area contributed by atoms with Crippen molar-refractivity contribution >= 4 is 17.5 Å². The Morgan fingerprint density at radius 1 is 1.29 bits per heavy atom. The van der Waals surface area contributed by atoms with Gasteiger partial charge in [0, 0.05) is 26.7 Å². The van der Waals surface area contributed by atoms with E-state index in [9.17, 15) is 9.18 Å². The molecule has 24 heavy (non-hydrogen) atoms. The van der Waals surface area contributed by atoms with Crippen LogP contribution < -0.4 is 0 Å². The van der Waals surface area contributed by atoms with E-state index in [-0.39, 0.29) is 10.9 Å². The zero-order chi connectivity index (χ0) is 17.2. The van der Waals surface area contributed by atoms with Crippen molar-refractivity contribution in [2.24, 2.45) is 0 Å². The van der Waals surface area contributed by atoms with Gasteiger partial charge < -0.3 is 9.64 Å². The fourth-order valence-corrected chi connectivity index (χ4v) is 4.23. The van der Waals surface area contributed by atoms with Gasteiger partial charge in [0.2, 0.25) is 5.91 Å². The van der Waals surface area contributed by atoms with E-state index in [1.807, 2.05) is 4.90 Å². The molecule has 0 N–H and O–H groups in total. The Balaban J connectivity index is 1.78. The topological polar surface area (TPSA) is 32.8 Å². The van der Waals surface area contributed by atoms with Crippen molar-refractivity contribution in [3.05, 3.63) is 34.6 Å². The average Bonchev–Trinajstić information content (AvgIpc) is 2.96. The molecule has 1 atom stereocenters. The molecular formula is C18H24ClFN2O2. The lowest BCUT2D eigenvalue weighted by Gasteiger charge is -2.44. The first-order chi connectivity index (χ1) is 11.6. The second kappa shape index (κ2) is 7.38. The number of amides is 1. The summed E-state index contributed by atoms with van der Waals surface area (Å²) in [6.45, 7) is 3.53. The number of benzene rings is 1. The predicted molar refractivity (Wildman–Crippen MR) is 91.5 cm³/mol. The molecule has 0 aromatic heterocycles. The number of hydrogen-bond donors (Lipinski definition) is 0. The molecular weight excluding hydrogens is 331 g/mol. The van der Waals surface area contributed by atoms with Crippen LogP contribution in [0.2, 0.25) is 5.02 Å². The third kappa shape index (κ3) is 3.30. The summed E-state index contributed by atoms with van der Waals surface area (Å²) in [6.07, 6.45) is 3.81. The monoisotopic (exact) mass is 354 g/mol. The summed E-state index contributed by atoms with van der Waals surface area (Å²) >= 11 is 5.90. The molecule has 1 spiro atoms. The van der Waals surface area contributed by atoms with Crippen LogP contribution in [0.3, 0.4) is 0 Å². The number of carbonyl (C=O) groups excluding carboxylic acids is 1. The quantitative estimate of drug-likeness (QED) is 0.814. The van der Waals surface area contributed by atoms with Crippen molar-refractivity contribution in [3.63, 3.8) is 0 Å². The maximum absolute atomic E-state index is 13.4. The van der Waals surface area contributed by atoms with Crippen LogP contribution in [0, 0.1) is 5.82 Å². The molecule has 2 aliphatic rings. The minimum atomic E-state index is -0.410. The summed E-state index contributed by atoms with van der Waals surface area (Å²) in [4.78, 5) is 17.3. The van der Waals surface area contributed by atoms with Crippen molar-refractivity contribution in [2.75, 3.05) is 33.4 Å². The van der Waals surface area contributed by atoms with Crippen molar-refractivity contribution in [3.8, 4) is 0 Å². The van der Waals surface area contributed by atoms with E-state index in [1.54, 1.807) is 19.2 Å². The molecule has 132 valence electrons. The SMILES string of the molecule is COCCN1CCCC2(CCCN2Cc2ccc(F)c(Cl)c2)C1=O. The summed E-state index contributed by atoms with van der Waals surface area (Å²) in [6, 6.07) is 4.82. The van der Waals surface area contributed by atoms with Crippen molar-refractivity contribution < 1.29 is 13.9 Å². The molecule has 0 bridgehead atoms. The normalized spacial score (nSPS) is 25.0. The third-order valence-corrected chi connectivity index (χ3v) is 5.54. The van der Waals surface area contributed by atoms with E-state index in [2.05, 4.69) is 4.90 Å². The fourth-order valence-electron chi connectivity index (χ4n) is 4.03. The molecule has 2 fully saturated rings. The number of ether oxygens (including phenoxy) is 1. The zero-order valence-electron chi connectivity index (χ0n) is 14.1. The molecule has 1 unspecified atom stereocenters. The van der Waals surface area contributed by atoms with Crippen molar-refractivity contribution in [2.45, 2.75) is 37.8 Å². The third-order valence-electron chi connectivity index (χ3n) is 5.25. The number of piperidine rings is 1. The van der Waals surface area contributed by atoms with Gasteiger partial charge in [-0.1, -0.05) is 17.7 Å². The molecule has 0 aliphatic carbocycles. The van der Waals surface area contributed by atoms with Gasteiger partial charge in [-0.05, 0) is 49.9 Å². The van der Waals surface area contributed by atoms with Crippen LogP contribution in [-0.2, 0) is 16.1 Å². The summed E-state index contributed by atoms with van der Waals surface area (Å²) in [7, 11) is 1.66. The van der Waals surface area contributed by atoms with Crippen LogP contribution in [0.1, 0.15) is 31.2 Å². The predicted octanol–water partition coefficient (Wildman–Crippen LogP) is 3.08. The minimum Gasteiger partial charge on any atom is -0.383 e. The van der Waals surface area contributed by atoms with Crippen LogP contribution in [0.15, 0.2) is 18.2 Å². The lowest BCUT2D eigenvalue weighted by molar-refractivity contribution is -0.148. The first kappa shape index (κ1) is 17.6. The Labute approximate surface area is 147 Å². The van der Waals surface area contributed by atoms with Crippen LogP contribution in [0.5, 0.6) is 0 Å². The molecule has 3 rings (SSSR count). The maximum Gasteiger partial charge on any atom is 0.243 e. The average molecular weight is 355 g/mol. The second-order valence-corrected chi connectivity index (χ2v) is 7.10. The first-order valence-corrected chi connectivity index (χ1v) is 8.92. The highest BCUT2D eigenvalue weighted by Crippen LogP contribution is 2.39. The molecule has 1 aromatic carbocycles. The van der Waals surface area contributed by atoms with E-state index in [0.29, 0.717) is 19.7 Å². The number of rotatable bonds is 5. The van der Waals surface area contributed by atoms with Crippen LogP contribution in [-0.4, -0.2) is 54.6 Å². The van der Waals surface area contributed by atoms with Gasteiger partial charge in [0.15, 0.2) is 0 Å². The van der Waals surface area contributed by atoms with Gasteiger partial charge in [0.05, 0.1) is 11.6 Å². The van der Waals surface area contributed by atoms with Gasteiger partial charge in [-0.25, -0.2) is 4.39 Å². The molecule has 1 aromatic rings. The summed E-state index contributed by atoms with van der Waals surface area (Å²) in [5.74, 6) is -0.187. The summed E-state index contributed by atoms with van der Waals surface area (Å²) < 4.78 is 18.5. The fraction of sp³-hybridized carbons (Fsp3) is 0.611. The van der Waals surface area contributed by atoms with Crippen LogP contribution in [0.4, 0.5) is 4.39 Å². The van der Waals surface area contributed by atoms with Gasteiger partial charge >= 0.3 is 0 Å². The maximum atomic E-state index is 13.4. The highest BCUT2D eigenvalue weighted by Gasteiger charge is 2.50. The van der Waals surface area contributed by atoms with E-state index in [4.69, 9.17) is 16.3 Å². The van der Waals surface area contributed by atoms with Gasteiger partial charge in [0.25, 0.3) is 0 Å². The highest BCUT2D eigenvalue weighted by molar-refractivity contribution is 6.30. The molecule has 1 amide bonds. The first-order valence-electron chi connectivity index (χ1n) is 8.54. The van der Waals surface area contributed by atoms with Gasteiger partial charge in [-0.15, -0.1) is 0 Å². The number of nitrogens with zero attached hydrogens (tertiary/aromatic N) is 2. The molecule has 0 saturated carbocycles. The molecule has 2 saturated heterocycles. The van der Waals surface area contributed by atoms with Crippen LogP contribution in [0.25, 0.3) is 0 Å². The second-order valence-electron chi connectivity index (χ2n) is 6.69. The van der Waals surface area contributed by atoms with E-state index < -0.39 is 11.4 Å². The van der Waals surface area contributed by atoms with E-state index in [0.717, 1.165) is 44.3 Å². The summed E-state index contributed by atoms with van der Waals surface area (Å²) in [5, 5.41) is 0.137. The number of hydrogen-bond acceptors (Lipinski definition) is 3. The lowest BCUT2D eigenvalue weighted by atomic mass is 9.85. The largest absolute Gasteiger partial charge is 0.383 e. The molecule has 0 radical (unpaired) electrons. The number of methoxy groups -OCH3 is 1. The molecule has 2 heterocycles. The Hall–Kier alpha value is -1.17. The van der Waals surface area contributed by atoms with E-state index >= 15 is 0 Å². The Bertz CT molecular complexity index is 613. The molecule has 2 aliphatic heterocycles. The summed E-state index contributed by atoms with van der Waals surface area (Å²) in [5.41, 5.74) is 0.539. The standard InChI is InChI=1S/C18H24ClFN2O2/c1-24-11-10-21-8-2-6-18(17(21)23)7-3-9-22(18)13-14-4-5-16(20)15(19)12-14/h4-5,12H,2-3,6-11,13H2,1H3. The number of carbonyl (C=O) groups is 1. The Kier molecular flexibility index (Phi) is 5.42. The highest BCUT2D eigenvalue weighted by atomic mass is 35.5. The smallest absolute Gasteiger partial charge is 0.243 e. The zero-order valence-corrected chi connectivity index (χ0v) is 14.8. The van der Waals surface area contributed by atoms with Crippen LogP contribution >= 0.6 is 11.6 Å². The molecule has 4 nitrogen and oxygen atoms in total. The van der Waals surface area contributed by atoms with E-state index in [1.165, 1.54) is 6.07 Å². The molecule has 6 heteroatoms. The minimum absolute atomic E-state index is 0.137. The van der Waals surface area contributed by atoms with Crippen molar-refractivity contribution in [1.29, 1.82) is 0 Å². The van der Waals surface area contributed by atoms with Gasteiger partial charge in [-0.2, -0.15) is 0 Å². The number of likely N-dealkylation sites (tertiary alicyclic amines) is 2. The van der Waals surface area contributed by atoms with Crippen molar-refractivity contribution in [1.82, 2.24) is 9.80 Å². The lowest BCUT2D eigenvalue weighted by Crippen LogP contribution is -2.60. The van der Waals surface area contributed by atoms with Gasteiger partial charge in [-0.3, -0.25) is 9.69 Å².